The molecule has 0 aliphatic carbocycles. The minimum atomic E-state index is -4.31. The summed E-state index contributed by atoms with van der Waals surface area (Å²) in [4.78, 5) is 0. The number of nitrogens with two attached hydrogens (primary N) is 1. The molecular weight excluding hydrogens is 390 g/mol. The quantitative estimate of drug-likeness (QED) is 0.779. The lowest BCUT2D eigenvalue weighted by molar-refractivity contribution is -0.138. The predicted octanol–water partition coefficient (Wildman–Crippen LogP) is 4.29. The highest BCUT2D eigenvalue weighted by atomic mass is 79.9. The molecule has 8 heteroatoms. The van der Waals surface area contributed by atoms with Crippen LogP contribution in [0.4, 0.5) is 13.2 Å². The molecule has 0 bridgehead atoms. The zero-order valence-electron chi connectivity index (χ0n) is 8.26. The number of aromatic hydroxyl groups is 1. The standard InChI is InChI=1S/C9H8Br2F3NO.ClH/c10-5-1-4(2-6(11)8(5)16)7(15)3-9(12,13)14;/h1-2,7,16H,3,15H2;1H/t7-;/m0./s1. The van der Waals surface area contributed by atoms with E-state index in [0.717, 1.165) is 0 Å². The van der Waals surface area contributed by atoms with E-state index in [9.17, 15) is 18.3 Å². The van der Waals surface area contributed by atoms with Gasteiger partial charge in [-0.25, -0.2) is 0 Å². The van der Waals surface area contributed by atoms with Crippen molar-refractivity contribution in [1.29, 1.82) is 0 Å². The monoisotopic (exact) mass is 397 g/mol. The smallest absolute Gasteiger partial charge is 0.390 e. The Morgan fingerprint density at radius 3 is 2.00 bits per heavy atom. The molecule has 1 aromatic rings. The largest absolute Gasteiger partial charge is 0.506 e. The summed E-state index contributed by atoms with van der Waals surface area (Å²) in [6.45, 7) is 0. The lowest BCUT2D eigenvalue weighted by Crippen LogP contribution is -2.20. The van der Waals surface area contributed by atoms with Crippen LogP contribution in [0.1, 0.15) is 18.0 Å². The SMILES string of the molecule is Cl.N[C@@H](CC(F)(F)F)c1cc(Br)c(O)c(Br)c1. The van der Waals surface area contributed by atoms with Crippen LogP contribution < -0.4 is 5.73 Å². The number of phenolic OH excluding ortho intramolecular Hbond substituents is 1. The molecule has 0 saturated carbocycles. The Bertz CT molecular complexity index is 377. The van der Waals surface area contributed by atoms with E-state index < -0.39 is 18.6 Å². The number of hydrogen-bond acceptors (Lipinski definition) is 2. The van der Waals surface area contributed by atoms with Gasteiger partial charge in [0.2, 0.25) is 0 Å². The fourth-order valence-electron chi connectivity index (χ4n) is 1.17. The van der Waals surface area contributed by atoms with Gasteiger partial charge in [0.05, 0.1) is 15.4 Å². The molecule has 0 aliphatic heterocycles. The van der Waals surface area contributed by atoms with Crippen molar-refractivity contribution in [3.63, 3.8) is 0 Å². The predicted molar refractivity (Wildman–Crippen MR) is 68.4 cm³/mol. The molecule has 3 N–H and O–H groups in total. The van der Waals surface area contributed by atoms with Crippen LogP contribution in [-0.4, -0.2) is 11.3 Å². The molecule has 0 aliphatic rings. The molecule has 0 spiro atoms. The molecule has 0 amide bonds. The maximum Gasteiger partial charge on any atom is 0.390 e. The first kappa shape index (κ1) is 17.0. The summed E-state index contributed by atoms with van der Waals surface area (Å²) < 4.78 is 37.0. The zero-order valence-corrected chi connectivity index (χ0v) is 12.3. The number of rotatable bonds is 2. The average molecular weight is 399 g/mol. The number of alkyl halides is 3. The van der Waals surface area contributed by atoms with Crippen LogP contribution in [0.25, 0.3) is 0 Å². The van der Waals surface area contributed by atoms with Crippen molar-refractivity contribution in [2.24, 2.45) is 5.73 Å². The minimum Gasteiger partial charge on any atom is -0.506 e. The van der Waals surface area contributed by atoms with Gasteiger partial charge < -0.3 is 10.8 Å². The summed E-state index contributed by atoms with van der Waals surface area (Å²) in [5, 5.41) is 9.39. The molecule has 2 nitrogen and oxygen atoms in total. The van der Waals surface area contributed by atoms with E-state index in [4.69, 9.17) is 5.73 Å². The number of hydrogen-bond donors (Lipinski definition) is 2. The Morgan fingerprint density at radius 1 is 1.24 bits per heavy atom. The van der Waals surface area contributed by atoms with E-state index in [1.165, 1.54) is 12.1 Å². The molecule has 0 saturated heterocycles. The second-order valence-electron chi connectivity index (χ2n) is 3.26. The van der Waals surface area contributed by atoms with E-state index in [2.05, 4.69) is 31.9 Å². The maximum absolute atomic E-state index is 12.1. The molecule has 0 radical (unpaired) electrons. The first-order chi connectivity index (χ1) is 7.20. The van der Waals surface area contributed by atoms with Crippen LogP contribution >= 0.6 is 44.3 Å². The Labute approximate surface area is 119 Å². The zero-order chi connectivity index (χ0) is 12.5. The van der Waals surface area contributed by atoms with Crippen molar-refractivity contribution in [3.8, 4) is 5.75 Å². The highest BCUT2D eigenvalue weighted by Crippen LogP contribution is 2.36. The van der Waals surface area contributed by atoms with Crippen molar-refractivity contribution in [2.75, 3.05) is 0 Å². The topological polar surface area (TPSA) is 46.2 Å². The molecule has 98 valence electrons. The normalized spacial score (nSPS) is 13.1. The van der Waals surface area contributed by atoms with Gasteiger partial charge in [0.15, 0.2) is 0 Å². The fraction of sp³-hybridized carbons (Fsp3) is 0.333. The van der Waals surface area contributed by atoms with Gasteiger partial charge in [-0.3, -0.25) is 0 Å². The summed E-state index contributed by atoms with van der Waals surface area (Å²) in [5.41, 5.74) is 5.73. The highest BCUT2D eigenvalue weighted by Gasteiger charge is 2.31. The third-order valence-electron chi connectivity index (χ3n) is 1.92. The molecule has 0 unspecified atom stereocenters. The third-order valence-corrected chi connectivity index (χ3v) is 3.13. The van der Waals surface area contributed by atoms with Crippen LogP contribution in [0.15, 0.2) is 21.1 Å². The first-order valence-electron chi connectivity index (χ1n) is 4.21. The number of halogens is 6. The van der Waals surface area contributed by atoms with Crippen molar-refractivity contribution < 1.29 is 18.3 Å². The molecule has 0 fully saturated rings. The Hall–Kier alpha value is 0.0200. The first-order valence-corrected chi connectivity index (χ1v) is 5.79. The van der Waals surface area contributed by atoms with Crippen LogP contribution in [0.3, 0.4) is 0 Å². The van der Waals surface area contributed by atoms with Crippen LogP contribution in [0.5, 0.6) is 5.75 Å². The van der Waals surface area contributed by atoms with Gasteiger partial charge in [0.25, 0.3) is 0 Å². The van der Waals surface area contributed by atoms with Crippen LogP contribution in [-0.2, 0) is 0 Å². The number of benzene rings is 1. The van der Waals surface area contributed by atoms with Gasteiger partial charge in [-0.2, -0.15) is 13.2 Å². The van der Waals surface area contributed by atoms with Crippen molar-refractivity contribution >= 4 is 44.3 Å². The third kappa shape index (κ3) is 5.03. The summed E-state index contributed by atoms with van der Waals surface area (Å²) in [6.07, 6.45) is -5.41. The van der Waals surface area contributed by atoms with Gasteiger partial charge in [-0.15, -0.1) is 12.4 Å². The van der Waals surface area contributed by atoms with Crippen molar-refractivity contribution in [3.05, 3.63) is 26.6 Å². The molecular formula is C9H9Br2ClF3NO. The molecule has 1 aromatic carbocycles. The average Bonchev–Trinajstić information content (AvgIpc) is 2.10. The fourth-order valence-corrected chi connectivity index (χ4v) is 2.39. The molecule has 0 aromatic heterocycles. The van der Waals surface area contributed by atoms with Gasteiger partial charge in [-0.05, 0) is 49.6 Å². The Balaban J connectivity index is 0.00000256. The van der Waals surface area contributed by atoms with E-state index in [0.29, 0.717) is 14.5 Å². The van der Waals surface area contributed by atoms with E-state index in [1.54, 1.807) is 0 Å². The van der Waals surface area contributed by atoms with E-state index >= 15 is 0 Å². The van der Waals surface area contributed by atoms with Gasteiger partial charge in [0.1, 0.15) is 5.75 Å². The lowest BCUT2D eigenvalue weighted by atomic mass is 10.0. The highest BCUT2D eigenvalue weighted by molar-refractivity contribution is 9.11. The van der Waals surface area contributed by atoms with Crippen LogP contribution in [0, 0.1) is 0 Å². The van der Waals surface area contributed by atoms with Crippen molar-refractivity contribution in [2.45, 2.75) is 18.6 Å². The van der Waals surface area contributed by atoms with E-state index in [-0.39, 0.29) is 18.2 Å². The summed E-state index contributed by atoms with van der Waals surface area (Å²) in [7, 11) is 0. The number of phenols is 1. The van der Waals surface area contributed by atoms with E-state index in [1.807, 2.05) is 0 Å². The van der Waals surface area contributed by atoms with Gasteiger partial charge in [-0.1, -0.05) is 0 Å². The molecule has 1 atom stereocenters. The molecule has 1 rings (SSSR count). The summed E-state index contributed by atoms with van der Waals surface area (Å²) in [5.74, 6) is -0.0667. The van der Waals surface area contributed by atoms with Gasteiger partial charge in [0, 0.05) is 6.04 Å². The minimum absolute atomic E-state index is 0. The second kappa shape index (κ2) is 6.26. The second-order valence-corrected chi connectivity index (χ2v) is 4.97. The lowest BCUT2D eigenvalue weighted by Gasteiger charge is -2.15. The molecule has 0 heterocycles. The Morgan fingerprint density at radius 2 is 1.65 bits per heavy atom. The van der Waals surface area contributed by atoms with Crippen molar-refractivity contribution in [1.82, 2.24) is 0 Å². The Kier molecular flexibility index (Phi) is 6.27. The maximum atomic E-state index is 12.1. The summed E-state index contributed by atoms with van der Waals surface area (Å²) >= 11 is 6.06. The van der Waals surface area contributed by atoms with Crippen LogP contribution in [0.2, 0.25) is 0 Å². The molecule has 17 heavy (non-hydrogen) atoms. The summed E-state index contributed by atoms with van der Waals surface area (Å²) in [6, 6.07) is 1.60. The van der Waals surface area contributed by atoms with Gasteiger partial charge >= 0.3 is 6.18 Å².